The van der Waals surface area contributed by atoms with E-state index in [-0.39, 0.29) is 18.3 Å². The molecule has 2 heterocycles. The van der Waals surface area contributed by atoms with E-state index in [1.807, 2.05) is 0 Å². The Morgan fingerprint density at radius 2 is 1.68 bits per heavy atom. The van der Waals surface area contributed by atoms with E-state index in [9.17, 15) is 0 Å². The van der Waals surface area contributed by atoms with Gasteiger partial charge in [0.1, 0.15) is 0 Å². The van der Waals surface area contributed by atoms with Crippen LogP contribution < -0.4 is 5.46 Å². The molecular formula is C21H28BNO2. The summed E-state index contributed by atoms with van der Waals surface area (Å²) in [6, 6.07) is 7.54. The molecule has 0 spiro atoms. The third-order valence-electron chi connectivity index (χ3n) is 6.90. The molecule has 0 N–H and O–H groups in total. The van der Waals surface area contributed by atoms with Gasteiger partial charge in [-0.25, -0.2) is 0 Å². The fourth-order valence-electron chi connectivity index (χ4n) is 4.11. The third-order valence-corrected chi connectivity index (χ3v) is 6.90. The number of fused-ring (bicyclic) bond motifs is 1. The lowest BCUT2D eigenvalue weighted by molar-refractivity contribution is 0.00578. The monoisotopic (exact) mass is 337 g/mol. The van der Waals surface area contributed by atoms with Crippen molar-refractivity contribution in [3.8, 4) is 0 Å². The molecule has 4 heteroatoms. The number of aromatic nitrogens is 1. The van der Waals surface area contributed by atoms with Crippen molar-refractivity contribution in [2.24, 2.45) is 0 Å². The Labute approximate surface area is 150 Å². The first-order chi connectivity index (χ1) is 11.9. The van der Waals surface area contributed by atoms with E-state index in [0.29, 0.717) is 6.04 Å². The van der Waals surface area contributed by atoms with Gasteiger partial charge >= 0.3 is 7.12 Å². The van der Waals surface area contributed by atoms with E-state index in [1.165, 1.54) is 43.0 Å². The van der Waals surface area contributed by atoms with Crippen LogP contribution in [0.25, 0.3) is 10.9 Å². The van der Waals surface area contributed by atoms with Crippen LogP contribution in [-0.2, 0) is 9.31 Å². The molecule has 0 radical (unpaired) electrons. The molecule has 3 aliphatic rings. The van der Waals surface area contributed by atoms with Gasteiger partial charge in [0.15, 0.2) is 0 Å². The Bertz CT molecular complexity index is 814. The van der Waals surface area contributed by atoms with Crippen LogP contribution in [0.3, 0.4) is 0 Å². The molecule has 132 valence electrons. The molecule has 3 fully saturated rings. The van der Waals surface area contributed by atoms with E-state index in [2.05, 4.69) is 56.7 Å². The van der Waals surface area contributed by atoms with Gasteiger partial charge in [-0.15, -0.1) is 0 Å². The predicted octanol–water partition coefficient (Wildman–Crippen LogP) is 4.54. The van der Waals surface area contributed by atoms with Crippen LogP contribution >= 0.6 is 0 Å². The second-order valence-corrected chi connectivity index (χ2v) is 9.22. The molecule has 0 unspecified atom stereocenters. The molecule has 2 saturated carbocycles. The lowest BCUT2D eigenvalue weighted by Crippen LogP contribution is -2.41. The van der Waals surface area contributed by atoms with Gasteiger partial charge in [-0.3, -0.25) is 0 Å². The Hall–Kier alpha value is -1.26. The predicted molar refractivity (Wildman–Crippen MR) is 103 cm³/mol. The van der Waals surface area contributed by atoms with Crippen LogP contribution in [0.5, 0.6) is 0 Å². The van der Waals surface area contributed by atoms with Crippen molar-refractivity contribution in [2.75, 3.05) is 0 Å². The first-order valence-corrected chi connectivity index (χ1v) is 9.86. The second-order valence-electron chi connectivity index (χ2n) is 9.22. The summed E-state index contributed by atoms with van der Waals surface area (Å²) in [6.07, 6.45) is 9.14. The summed E-state index contributed by atoms with van der Waals surface area (Å²) in [5.74, 6) is 0.761. The molecule has 1 saturated heterocycles. The SMILES string of the molecule is CC1(C)OB(c2ccc3c(c2)c(C2CC2)cn3C2CCC2)OC1(C)C. The molecule has 1 aliphatic heterocycles. The molecule has 3 nitrogen and oxygen atoms in total. The van der Waals surface area contributed by atoms with Crippen molar-refractivity contribution >= 4 is 23.5 Å². The minimum atomic E-state index is -0.288. The number of nitrogens with zero attached hydrogens (tertiary/aromatic N) is 1. The molecule has 0 amide bonds. The van der Waals surface area contributed by atoms with Crippen molar-refractivity contribution in [1.82, 2.24) is 4.57 Å². The van der Waals surface area contributed by atoms with E-state index in [1.54, 1.807) is 5.56 Å². The molecule has 25 heavy (non-hydrogen) atoms. The number of hydrogen-bond donors (Lipinski definition) is 0. The van der Waals surface area contributed by atoms with E-state index >= 15 is 0 Å². The van der Waals surface area contributed by atoms with Gasteiger partial charge in [-0.2, -0.15) is 0 Å². The van der Waals surface area contributed by atoms with Gasteiger partial charge in [-0.1, -0.05) is 12.1 Å². The minimum Gasteiger partial charge on any atom is -0.399 e. The van der Waals surface area contributed by atoms with E-state index in [4.69, 9.17) is 9.31 Å². The zero-order valence-corrected chi connectivity index (χ0v) is 15.8. The summed E-state index contributed by atoms with van der Waals surface area (Å²) in [6.45, 7) is 8.48. The van der Waals surface area contributed by atoms with Crippen LogP contribution in [0, 0.1) is 0 Å². The minimum absolute atomic E-state index is 0.270. The summed E-state index contributed by atoms with van der Waals surface area (Å²) in [5.41, 5.74) is 3.51. The molecule has 2 aliphatic carbocycles. The number of benzene rings is 1. The summed E-state index contributed by atoms with van der Waals surface area (Å²) < 4.78 is 15.1. The topological polar surface area (TPSA) is 23.4 Å². The largest absolute Gasteiger partial charge is 0.494 e. The summed E-state index contributed by atoms with van der Waals surface area (Å²) in [7, 11) is -0.270. The van der Waals surface area contributed by atoms with Gasteiger partial charge in [0.25, 0.3) is 0 Å². The number of hydrogen-bond acceptors (Lipinski definition) is 2. The van der Waals surface area contributed by atoms with Crippen molar-refractivity contribution in [3.63, 3.8) is 0 Å². The smallest absolute Gasteiger partial charge is 0.399 e. The first kappa shape index (κ1) is 16.0. The zero-order chi connectivity index (χ0) is 17.4. The molecule has 1 aromatic heterocycles. The van der Waals surface area contributed by atoms with Crippen LogP contribution in [0.2, 0.25) is 0 Å². The molecule has 0 atom stereocenters. The van der Waals surface area contributed by atoms with Gasteiger partial charge in [0.2, 0.25) is 0 Å². The maximum absolute atomic E-state index is 6.27. The molecule has 0 bridgehead atoms. The van der Waals surface area contributed by atoms with Gasteiger partial charge in [-0.05, 0) is 82.8 Å². The maximum atomic E-state index is 6.27. The highest BCUT2D eigenvalue weighted by Crippen LogP contribution is 2.46. The normalized spacial score (nSPS) is 25.5. The highest BCUT2D eigenvalue weighted by atomic mass is 16.7. The highest BCUT2D eigenvalue weighted by molar-refractivity contribution is 6.62. The van der Waals surface area contributed by atoms with Crippen LogP contribution in [0.1, 0.15) is 77.3 Å². The van der Waals surface area contributed by atoms with Crippen molar-refractivity contribution in [1.29, 1.82) is 0 Å². The average molecular weight is 337 g/mol. The Balaban J connectivity index is 1.56. The van der Waals surface area contributed by atoms with Crippen LogP contribution in [0.15, 0.2) is 24.4 Å². The summed E-state index contributed by atoms with van der Waals surface area (Å²) >= 11 is 0. The standard InChI is InChI=1S/C21H28BNO2/c1-20(2)21(3,4)25-22(24-20)15-10-11-19-17(12-15)18(14-8-9-14)13-23(19)16-6-5-7-16/h10-14,16H,5-9H2,1-4H3. The molecule has 1 aromatic carbocycles. The van der Waals surface area contributed by atoms with Crippen molar-refractivity contribution < 1.29 is 9.31 Å². The Kier molecular flexibility index (Phi) is 3.28. The molecule has 5 rings (SSSR count). The van der Waals surface area contributed by atoms with Crippen LogP contribution in [0.4, 0.5) is 0 Å². The molecule has 2 aromatic rings. The summed E-state index contributed by atoms with van der Waals surface area (Å²) in [4.78, 5) is 0. The maximum Gasteiger partial charge on any atom is 0.494 e. The van der Waals surface area contributed by atoms with E-state index in [0.717, 1.165) is 11.4 Å². The first-order valence-electron chi connectivity index (χ1n) is 9.86. The Morgan fingerprint density at radius 3 is 2.24 bits per heavy atom. The third kappa shape index (κ3) is 2.41. The highest BCUT2D eigenvalue weighted by Gasteiger charge is 2.51. The van der Waals surface area contributed by atoms with Crippen molar-refractivity contribution in [2.45, 2.75) is 83.0 Å². The van der Waals surface area contributed by atoms with Crippen LogP contribution in [-0.4, -0.2) is 22.9 Å². The van der Waals surface area contributed by atoms with Crippen molar-refractivity contribution in [3.05, 3.63) is 30.0 Å². The fraction of sp³-hybridized carbons (Fsp3) is 0.619. The summed E-state index contributed by atoms with van der Waals surface area (Å²) in [5, 5.41) is 1.42. The van der Waals surface area contributed by atoms with Gasteiger partial charge in [0.05, 0.1) is 11.2 Å². The second kappa shape index (κ2) is 5.14. The zero-order valence-electron chi connectivity index (χ0n) is 15.8. The van der Waals surface area contributed by atoms with Gasteiger partial charge < -0.3 is 13.9 Å². The van der Waals surface area contributed by atoms with Gasteiger partial charge in [0, 0.05) is 23.1 Å². The quantitative estimate of drug-likeness (QED) is 0.768. The Morgan fingerprint density at radius 1 is 1.00 bits per heavy atom. The van der Waals surface area contributed by atoms with E-state index < -0.39 is 0 Å². The average Bonchev–Trinajstić information content (AvgIpc) is 3.23. The number of rotatable bonds is 3. The molecular weight excluding hydrogens is 309 g/mol. The lowest BCUT2D eigenvalue weighted by atomic mass is 9.78. The lowest BCUT2D eigenvalue weighted by Gasteiger charge is -2.32. The fourth-order valence-corrected chi connectivity index (χ4v) is 4.11.